The van der Waals surface area contributed by atoms with E-state index in [1.807, 2.05) is 11.8 Å². The molecule has 0 heterocycles. The summed E-state index contributed by atoms with van der Waals surface area (Å²) >= 11 is 1.94. The zero-order valence-corrected chi connectivity index (χ0v) is 10.8. The van der Waals surface area contributed by atoms with Gasteiger partial charge in [-0.3, -0.25) is 0 Å². The topological polar surface area (TPSA) is 0 Å². The minimum atomic E-state index is 1.07. The highest BCUT2D eigenvalue weighted by molar-refractivity contribution is 8.06. The van der Waals surface area contributed by atoms with Gasteiger partial charge in [0.25, 0.3) is 0 Å². The molecule has 0 aromatic rings. The summed E-state index contributed by atoms with van der Waals surface area (Å²) in [6.45, 7) is 4.35. The maximum atomic E-state index is 2.27. The Balaban J connectivity index is 2.03. The van der Waals surface area contributed by atoms with Crippen LogP contribution in [0.1, 0.15) is 33.1 Å². The summed E-state index contributed by atoms with van der Waals surface area (Å²) < 4.78 is 0. The predicted octanol–water partition coefficient (Wildman–Crippen LogP) is 5.13. The first-order chi connectivity index (χ1) is 7.74. The zero-order chi connectivity index (χ0) is 11.4. The van der Waals surface area contributed by atoms with Gasteiger partial charge in [0.1, 0.15) is 0 Å². The lowest BCUT2D eigenvalue weighted by Crippen LogP contribution is -1.88. The van der Waals surface area contributed by atoms with E-state index in [9.17, 15) is 0 Å². The molecule has 0 unspecified atom stereocenters. The molecule has 0 aromatic carbocycles. The average molecular weight is 230 g/mol. The van der Waals surface area contributed by atoms with Gasteiger partial charge in [-0.2, -0.15) is 0 Å². The van der Waals surface area contributed by atoms with Crippen LogP contribution in [0.5, 0.6) is 0 Å². The highest BCUT2D eigenvalue weighted by Crippen LogP contribution is 2.35. The SMILES string of the molecule is CC1=CC=C(SC2=CC=C(C)CC2)CC=C1. The molecule has 0 N–H and O–H groups in total. The van der Waals surface area contributed by atoms with Crippen molar-refractivity contribution in [2.75, 3.05) is 0 Å². The van der Waals surface area contributed by atoms with E-state index in [2.05, 4.69) is 50.3 Å². The van der Waals surface area contributed by atoms with Gasteiger partial charge < -0.3 is 0 Å². The molecule has 0 spiro atoms. The summed E-state index contributed by atoms with van der Waals surface area (Å²) in [5.74, 6) is 0. The van der Waals surface area contributed by atoms with Gasteiger partial charge in [-0.05, 0) is 42.9 Å². The minimum Gasteiger partial charge on any atom is -0.0987 e. The van der Waals surface area contributed by atoms with Crippen molar-refractivity contribution in [3.63, 3.8) is 0 Å². The van der Waals surface area contributed by atoms with E-state index in [1.54, 1.807) is 0 Å². The first kappa shape index (κ1) is 11.5. The van der Waals surface area contributed by atoms with Crippen LogP contribution in [-0.4, -0.2) is 0 Å². The van der Waals surface area contributed by atoms with E-state index in [0.29, 0.717) is 0 Å². The van der Waals surface area contributed by atoms with E-state index in [4.69, 9.17) is 0 Å². The highest BCUT2D eigenvalue weighted by atomic mass is 32.2. The van der Waals surface area contributed by atoms with Crippen LogP contribution in [-0.2, 0) is 0 Å². The number of hydrogen-bond acceptors (Lipinski definition) is 1. The number of rotatable bonds is 2. The van der Waals surface area contributed by atoms with Crippen molar-refractivity contribution >= 4 is 11.8 Å². The summed E-state index contributed by atoms with van der Waals surface area (Å²) in [5, 5.41) is 0. The third-order valence-electron chi connectivity index (χ3n) is 2.81. The van der Waals surface area contributed by atoms with Gasteiger partial charge in [-0.15, -0.1) is 0 Å². The van der Waals surface area contributed by atoms with Gasteiger partial charge >= 0.3 is 0 Å². The van der Waals surface area contributed by atoms with E-state index in [0.717, 1.165) is 6.42 Å². The van der Waals surface area contributed by atoms with Gasteiger partial charge in [-0.25, -0.2) is 0 Å². The Morgan fingerprint density at radius 1 is 0.938 bits per heavy atom. The number of allylic oxidation sites excluding steroid dienone is 10. The Labute approximate surface area is 103 Å². The Hall–Kier alpha value is -0.950. The van der Waals surface area contributed by atoms with Crippen molar-refractivity contribution in [3.8, 4) is 0 Å². The fourth-order valence-corrected chi connectivity index (χ4v) is 2.75. The van der Waals surface area contributed by atoms with Crippen molar-refractivity contribution < 1.29 is 0 Å². The minimum absolute atomic E-state index is 1.07. The van der Waals surface area contributed by atoms with Crippen LogP contribution >= 0.6 is 11.8 Å². The van der Waals surface area contributed by atoms with Crippen LogP contribution in [0.2, 0.25) is 0 Å². The van der Waals surface area contributed by atoms with E-state index < -0.39 is 0 Å². The fourth-order valence-electron chi connectivity index (χ4n) is 1.76. The Bertz CT molecular complexity index is 417. The molecule has 0 saturated carbocycles. The van der Waals surface area contributed by atoms with E-state index >= 15 is 0 Å². The number of hydrogen-bond donors (Lipinski definition) is 0. The van der Waals surface area contributed by atoms with Crippen LogP contribution in [0.3, 0.4) is 0 Å². The second kappa shape index (κ2) is 5.40. The van der Waals surface area contributed by atoms with Gasteiger partial charge in [-0.1, -0.05) is 59.4 Å². The zero-order valence-electron chi connectivity index (χ0n) is 9.99. The normalized spacial score (nSPS) is 20.6. The fraction of sp³-hybridized carbons (Fsp3) is 0.333. The second-order valence-electron chi connectivity index (χ2n) is 4.40. The Morgan fingerprint density at radius 2 is 1.75 bits per heavy atom. The second-order valence-corrected chi connectivity index (χ2v) is 5.65. The first-order valence-electron chi connectivity index (χ1n) is 5.82. The first-order valence-corrected chi connectivity index (χ1v) is 6.64. The smallest absolute Gasteiger partial charge is 0.00306 e. The molecule has 0 nitrogen and oxygen atoms in total. The number of thioether (sulfide) groups is 1. The van der Waals surface area contributed by atoms with E-state index in [-0.39, 0.29) is 0 Å². The Morgan fingerprint density at radius 3 is 2.50 bits per heavy atom. The van der Waals surface area contributed by atoms with Crippen molar-refractivity contribution in [1.29, 1.82) is 0 Å². The molecule has 1 heteroatoms. The van der Waals surface area contributed by atoms with Gasteiger partial charge in [0, 0.05) is 0 Å². The molecule has 2 aliphatic rings. The quantitative estimate of drug-likeness (QED) is 0.633. The molecule has 2 aliphatic carbocycles. The van der Waals surface area contributed by atoms with Gasteiger partial charge in [0.15, 0.2) is 0 Å². The maximum Gasteiger partial charge on any atom is -0.00306 e. The molecule has 16 heavy (non-hydrogen) atoms. The lowest BCUT2D eigenvalue weighted by Gasteiger charge is -2.12. The molecule has 0 radical (unpaired) electrons. The molecule has 0 atom stereocenters. The van der Waals surface area contributed by atoms with Gasteiger partial charge in [0.2, 0.25) is 0 Å². The lowest BCUT2D eigenvalue weighted by atomic mass is 10.1. The van der Waals surface area contributed by atoms with E-state index in [1.165, 1.54) is 33.8 Å². The summed E-state index contributed by atoms with van der Waals surface area (Å²) in [6, 6.07) is 0. The van der Waals surface area contributed by atoms with Crippen LogP contribution < -0.4 is 0 Å². The van der Waals surface area contributed by atoms with Crippen LogP contribution in [0.25, 0.3) is 0 Å². The molecular weight excluding hydrogens is 212 g/mol. The molecule has 0 amide bonds. The highest BCUT2D eigenvalue weighted by Gasteiger charge is 2.06. The van der Waals surface area contributed by atoms with Gasteiger partial charge in [0.05, 0.1) is 0 Å². The van der Waals surface area contributed by atoms with Crippen LogP contribution in [0.15, 0.2) is 57.4 Å². The summed E-state index contributed by atoms with van der Waals surface area (Å²) in [5.41, 5.74) is 2.83. The van der Waals surface area contributed by atoms with Crippen molar-refractivity contribution in [1.82, 2.24) is 0 Å². The monoisotopic (exact) mass is 230 g/mol. The molecule has 0 saturated heterocycles. The molecule has 0 aliphatic heterocycles. The summed E-state index contributed by atoms with van der Waals surface area (Å²) in [6.07, 6.45) is 16.9. The average Bonchev–Trinajstić information content (AvgIpc) is 2.47. The molecule has 84 valence electrons. The maximum absolute atomic E-state index is 2.27. The molecule has 0 fully saturated rings. The largest absolute Gasteiger partial charge is 0.0987 e. The third kappa shape index (κ3) is 3.28. The molecule has 0 bridgehead atoms. The summed E-state index contributed by atoms with van der Waals surface area (Å²) in [7, 11) is 0. The lowest BCUT2D eigenvalue weighted by molar-refractivity contribution is 0.950. The Kier molecular flexibility index (Phi) is 3.89. The molecule has 2 rings (SSSR count). The third-order valence-corrected chi connectivity index (χ3v) is 3.98. The van der Waals surface area contributed by atoms with Crippen molar-refractivity contribution in [3.05, 3.63) is 57.4 Å². The van der Waals surface area contributed by atoms with Crippen molar-refractivity contribution in [2.24, 2.45) is 0 Å². The van der Waals surface area contributed by atoms with Crippen LogP contribution in [0, 0.1) is 0 Å². The van der Waals surface area contributed by atoms with Crippen molar-refractivity contribution in [2.45, 2.75) is 33.1 Å². The van der Waals surface area contributed by atoms with Crippen LogP contribution in [0.4, 0.5) is 0 Å². The summed E-state index contributed by atoms with van der Waals surface area (Å²) in [4.78, 5) is 2.95. The molecule has 0 aromatic heterocycles. The molecular formula is C15H18S. The standard InChI is InChI=1S/C15H18S/c1-12-4-3-5-14(9-6-12)16-15-10-7-13(2)8-11-15/h3-4,6-7,9-10H,5,8,11H2,1-2H3. The predicted molar refractivity (Wildman–Crippen MR) is 74.3 cm³/mol.